The Labute approximate surface area is 105 Å². The van der Waals surface area contributed by atoms with Gasteiger partial charge in [-0.3, -0.25) is 0 Å². The lowest BCUT2D eigenvalue weighted by Gasteiger charge is -2.43. The summed E-state index contributed by atoms with van der Waals surface area (Å²) in [6, 6.07) is 8.76. The van der Waals surface area contributed by atoms with Crippen LogP contribution < -0.4 is 4.90 Å². The number of fused-ring (bicyclic) bond motifs is 1. The maximum Gasteiger partial charge on any atom is 0.0534 e. The molecule has 0 atom stereocenters. The molecule has 1 heteroatoms. The third-order valence-electron chi connectivity index (χ3n) is 3.62. The molecule has 17 heavy (non-hydrogen) atoms. The number of nitrogens with zero attached hydrogens (tertiary/aromatic N) is 1. The molecule has 92 valence electrons. The van der Waals surface area contributed by atoms with Crippen molar-refractivity contribution in [1.82, 2.24) is 0 Å². The van der Waals surface area contributed by atoms with Crippen LogP contribution in [0.5, 0.6) is 0 Å². The maximum absolute atomic E-state index is 2.54. The fraction of sp³-hybridized carbons (Fsp3) is 0.500. The number of rotatable bonds is 3. The van der Waals surface area contributed by atoms with Crippen molar-refractivity contribution in [2.45, 2.75) is 46.1 Å². The largest absolute Gasteiger partial charge is 0.362 e. The lowest BCUT2D eigenvalue weighted by atomic mass is 9.88. The van der Waals surface area contributed by atoms with Crippen LogP contribution in [0.1, 0.15) is 46.1 Å². The summed E-state index contributed by atoms with van der Waals surface area (Å²) < 4.78 is 0. The summed E-state index contributed by atoms with van der Waals surface area (Å²) in [6.07, 6.45) is 4.90. The molecule has 0 saturated carbocycles. The van der Waals surface area contributed by atoms with Gasteiger partial charge in [0, 0.05) is 17.8 Å². The van der Waals surface area contributed by atoms with Gasteiger partial charge in [0.25, 0.3) is 0 Å². The zero-order valence-electron chi connectivity index (χ0n) is 11.5. The van der Waals surface area contributed by atoms with Crippen LogP contribution in [0.15, 0.2) is 30.3 Å². The molecular weight excluding hydrogens is 206 g/mol. The Morgan fingerprint density at radius 3 is 2.59 bits per heavy atom. The summed E-state index contributed by atoms with van der Waals surface area (Å²) in [7, 11) is 0. The molecule has 1 aliphatic heterocycles. The normalized spacial score (nSPS) is 17.6. The summed E-state index contributed by atoms with van der Waals surface area (Å²) in [6.45, 7) is 10.2. The van der Waals surface area contributed by atoms with Crippen molar-refractivity contribution in [2.75, 3.05) is 11.4 Å². The van der Waals surface area contributed by atoms with E-state index in [9.17, 15) is 0 Å². The summed E-state index contributed by atoms with van der Waals surface area (Å²) >= 11 is 0. The number of para-hydroxylation sites is 1. The van der Waals surface area contributed by atoms with Crippen LogP contribution in [0.2, 0.25) is 0 Å². The third kappa shape index (κ3) is 2.24. The summed E-state index contributed by atoms with van der Waals surface area (Å²) in [5.74, 6) is 0. The molecule has 0 amide bonds. The molecular formula is C16H23N. The van der Waals surface area contributed by atoms with E-state index in [2.05, 4.69) is 62.9 Å². The number of hydrogen-bond acceptors (Lipinski definition) is 1. The predicted octanol–water partition coefficient (Wildman–Crippen LogP) is 4.49. The van der Waals surface area contributed by atoms with Gasteiger partial charge in [-0.2, -0.15) is 0 Å². The number of benzene rings is 1. The van der Waals surface area contributed by atoms with Crippen molar-refractivity contribution in [2.24, 2.45) is 0 Å². The minimum Gasteiger partial charge on any atom is -0.362 e. The molecule has 1 aromatic rings. The molecule has 0 aliphatic carbocycles. The van der Waals surface area contributed by atoms with Gasteiger partial charge < -0.3 is 4.90 Å². The molecule has 1 nitrogen and oxygen atoms in total. The second-order valence-electron chi connectivity index (χ2n) is 5.50. The highest BCUT2D eigenvalue weighted by Crippen LogP contribution is 2.38. The fourth-order valence-corrected chi connectivity index (χ4v) is 2.76. The topological polar surface area (TPSA) is 3.24 Å². The summed E-state index contributed by atoms with van der Waals surface area (Å²) in [5, 5.41) is 0. The van der Waals surface area contributed by atoms with Gasteiger partial charge in [-0.05, 0) is 38.8 Å². The highest BCUT2D eigenvalue weighted by molar-refractivity contribution is 5.80. The molecule has 0 saturated heterocycles. The van der Waals surface area contributed by atoms with Gasteiger partial charge in [0.2, 0.25) is 0 Å². The first-order chi connectivity index (χ1) is 8.06. The van der Waals surface area contributed by atoms with E-state index in [4.69, 9.17) is 0 Å². The van der Waals surface area contributed by atoms with Crippen molar-refractivity contribution in [3.05, 3.63) is 35.9 Å². The smallest absolute Gasteiger partial charge is 0.0534 e. The lowest BCUT2D eigenvalue weighted by molar-refractivity contribution is 0.540. The van der Waals surface area contributed by atoms with E-state index < -0.39 is 0 Å². The quantitative estimate of drug-likeness (QED) is 0.738. The molecule has 2 rings (SSSR count). The third-order valence-corrected chi connectivity index (χ3v) is 3.62. The molecule has 1 heterocycles. The second kappa shape index (κ2) is 4.56. The van der Waals surface area contributed by atoms with E-state index in [0.717, 1.165) is 6.54 Å². The van der Waals surface area contributed by atoms with Gasteiger partial charge in [0.05, 0.1) is 5.54 Å². The Kier molecular flexibility index (Phi) is 3.28. The molecule has 0 spiro atoms. The van der Waals surface area contributed by atoms with Crippen LogP contribution in [0.4, 0.5) is 5.69 Å². The first-order valence-electron chi connectivity index (χ1n) is 6.63. The number of unbranched alkanes of at least 4 members (excludes halogenated alkanes) is 1. The Balaban J connectivity index is 2.43. The van der Waals surface area contributed by atoms with Crippen LogP contribution >= 0.6 is 0 Å². The van der Waals surface area contributed by atoms with Gasteiger partial charge in [0.1, 0.15) is 0 Å². The van der Waals surface area contributed by atoms with E-state index in [0.29, 0.717) is 0 Å². The Bertz CT molecular complexity index is 429. The van der Waals surface area contributed by atoms with E-state index >= 15 is 0 Å². The average Bonchev–Trinajstić information content (AvgIpc) is 2.28. The van der Waals surface area contributed by atoms with Crippen molar-refractivity contribution in [3.8, 4) is 0 Å². The van der Waals surface area contributed by atoms with Crippen molar-refractivity contribution in [1.29, 1.82) is 0 Å². The molecule has 0 aromatic heterocycles. The fourth-order valence-electron chi connectivity index (χ4n) is 2.76. The maximum atomic E-state index is 2.54. The summed E-state index contributed by atoms with van der Waals surface area (Å²) in [5.41, 5.74) is 4.32. The van der Waals surface area contributed by atoms with Gasteiger partial charge in [0.15, 0.2) is 0 Å². The van der Waals surface area contributed by atoms with E-state index in [1.807, 2.05) is 0 Å². The average molecular weight is 229 g/mol. The highest BCUT2D eigenvalue weighted by Gasteiger charge is 2.30. The predicted molar refractivity (Wildman–Crippen MR) is 76.4 cm³/mol. The molecule has 0 bridgehead atoms. The van der Waals surface area contributed by atoms with Gasteiger partial charge in [-0.1, -0.05) is 37.6 Å². The van der Waals surface area contributed by atoms with E-state index in [1.165, 1.54) is 29.7 Å². The highest BCUT2D eigenvalue weighted by atomic mass is 15.2. The van der Waals surface area contributed by atoms with Gasteiger partial charge in [-0.15, -0.1) is 0 Å². The van der Waals surface area contributed by atoms with Crippen LogP contribution in [0, 0.1) is 0 Å². The summed E-state index contributed by atoms with van der Waals surface area (Å²) in [4.78, 5) is 2.54. The Morgan fingerprint density at radius 1 is 1.18 bits per heavy atom. The number of allylic oxidation sites excluding steroid dienone is 1. The van der Waals surface area contributed by atoms with Crippen molar-refractivity contribution >= 4 is 11.3 Å². The SMILES string of the molecule is CCCCN1c2ccccc2C(C)=CC1(C)C. The van der Waals surface area contributed by atoms with Crippen molar-refractivity contribution in [3.63, 3.8) is 0 Å². The van der Waals surface area contributed by atoms with Crippen LogP contribution in [-0.2, 0) is 0 Å². The zero-order chi connectivity index (χ0) is 12.5. The van der Waals surface area contributed by atoms with Crippen LogP contribution in [-0.4, -0.2) is 12.1 Å². The minimum absolute atomic E-state index is 0.133. The standard InChI is InChI=1S/C16H23N/c1-5-6-11-17-15-10-8-7-9-14(15)13(2)12-16(17,3)4/h7-10,12H,5-6,11H2,1-4H3. The molecule has 0 unspecified atom stereocenters. The number of hydrogen-bond donors (Lipinski definition) is 0. The first-order valence-corrected chi connectivity index (χ1v) is 6.63. The zero-order valence-corrected chi connectivity index (χ0v) is 11.5. The molecule has 0 fully saturated rings. The Hall–Kier alpha value is -1.24. The molecule has 0 radical (unpaired) electrons. The first kappa shape index (κ1) is 12.2. The van der Waals surface area contributed by atoms with Crippen LogP contribution in [0.3, 0.4) is 0 Å². The van der Waals surface area contributed by atoms with E-state index in [-0.39, 0.29) is 5.54 Å². The Morgan fingerprint density at radius 2 is 1.88 bits per heavy atom. The second-order valence-corrected chi connectivity index (χ2v) is 5.50. The molecule has 0 N–H and O–H groups in total. The van der Waals surface area contributed by atoms with Crippen LogP contribution in [0.25, 0.3) is 5.57 Å². The molecule has 1 aromatic carbocycles. The van der Waals surface area contributed by atoms with Gasteiger partial charge in [-0.25, -0.2) is 0 Å². The molecule has 1 aliphatic rings. The number of anilines is 1. The minimum atomic E-state index is 0.133. The van der Waals surface area contributed by atoms with Crippen molar-refractivity contribution < 1.29 is 0 Å². The van der Waals surface area contributed by atoms with Gasteiger partial charge >= 0.3 is 0 Å². The lowest BCUT2D eigenvalue weighted by Crippen LogP contribution is -2.45. The monoisotopic (exact) mass is 229 g/mol. The van der Waals surface area contributed by atoms with E-state index in [1.54, 1.807) is 0 Å².